The van der Waals surface area contributed by atoms with E-state index in [1.807, 2.05) is 12.1 Å². The molecule has 1 fully saturated rings. The second kappa shape index (κ2) is 6.88. The van der Waals surface area contributed by atoms with Crippen molar-refractivity contribution in [3.8, 4) is 11.5 Å². The molecule has 0 amide bonds. The molecule has 4 heterocycles. The number of hydrogen-bond donors (Lipinski definition) is 1. The number of H-pyrrole nitrogens is 1. The number of aromatic amines is 1. The molecule has 0 spiro atoms. The molecule has 3 aromatic rings. The van der Waals surface area contributed by atoms with Gasteiger partial charge in [0.05, 0.1) is 17.2 Å². The molecule has 0 bridgehead atoms. The van der Waals surface area contributed by atoms with Gasteiger partial charge in [-0.15, -0.1) is 11.3 Å². The number of thiazole rings is 1. The normalized spacial score (nSPS) is 16.7. The lowest BCUT2D eigenvalue weighted by Gasteiger charge is -2.33. The van der Waals surface area contributed by atoms with Gasteiger partial charge in [-0.3, -0.25) is 14.9 Å². The molecule has 0 aromatic carbocycles. The smallest absolute Gasteiger partial charge is 0.152 e. The Kier molecular flexibility index (Phi) is 4.46. The van der Waals surface area contributed by atoms with E-state index in [9.17, 15) is 0 Å². The van der Waals surface area contributed by atoms with Crippen molar-refractivity contribution in [1.29, 1.82) is 0 Å². The Balaban J connectivity index is 1.29. The lowest BCUT2D eigenvalue weighted by Crippen LogP contribution is -2.45. The van der Waals surface area contributed by atoms with E-state index >= 15 is 0 Å². The van der Waals surface area contributed by atoms with Crippen LogP contribution in [0.25, 0.3) is 11.5 Å². The van der Waals surface area contributed by atoms with Crippen molar-refractivity contribution in [1.82, 2.24) is 25.0 Å². The van der Waals surface area contributed by atoms with Crippen molar-refractivity contribution in [2.45, 2.75) is 20.0 Å². The van der Waals surface area contributed by atoms with Gasteiger partial charge in [0.1, 0.15) is 11.5 Å². The van der Waals surface area contributed by atoms with E-state index in [2.05, 4.69) is 43.4 Å². The van der Waals surface area contributed by atoms with E-state index < -0.39 is 0 Å². The molecule has 1 aliphatic heterocycles. The number of nitrogens with zero attached hydrogens (tertiary/aromatic N) is 4. The SMILES string of the molecule is Cc1nc(CN2CCN(Cc3ccc(-c4ccn[nH]4)o3)CC2)cs1. The van der Waals surface area contributed by atoms with Gasteiger partial charge in [0.25, 0.3) is 0 Å². The Morgan fingerprint density at radius 1 is 1.12 bits per heavy atom. The Morgan fingerprint density at radius 2 is 1.92 bits per heavy atom. The summed E-state index contributed by atoms with van der Waals surface area (Å²) >= 11 is 1.73. The molecule has 0 radical (unpaired) electrons. The van der Waals surface area contributed by atoms with Crippen molar-refractivity contribution in [3.63, 3.8) is 0 Å². The Hall–Kier alpha value is -1.96. The Labute approximate surface area is 145 Å². The minimum atomic E-state index is 0.847. The minimum Gasteiger partial charge on any atom is -0.458 e. The first-order valence-electron chi connectivity index (χ1n) is 8.20. The molecule has 4 rings (SSSR count). The van der Waals surface area contributed by atoms with E-state index in [0.717, 1.165) is 61.5 Å². The van der Waals surface area contributed by atoms with Crippen LogP contribution in [0.15, 0.2) is 34.2 Å². The van der Waals surface area contributed by atoms with E-state index in [1.165, 1.54) is 5.69 Å². The highest BCUT2D eigenvalue weighted by Gasteiger charge is 2.19. The molecule has 1 aliphatic rings. The first-order chi connectivity index (χ1) is 11.8. The summed E-state index contributed by atoms with van der Waals surface area (Å²) < 4.78 is 5.92. The Bertz CT molecular complexity index is 771. The molecule has 24 heavy (non-hydrogen) atoms. The highest BCUT2D eigenvalue weighted by molar-refractivity contribution is 7.09. The number of furan rings is 1. The average molecular weight is 343 g/mol. The predicted molar refractivity (Wildman–Crippen MR) is 93.7 cm³/mol. The molecular weight excluding hydrogens is 322 g/mol. The molecule has 0 atom stereocenters. The fourth-order valence-corrected chi connectivity index (χ4v) is 3.64. The highest BCUT2D eigenvalue weighted by Crippen LogP contribution is 2.21. The first kappa shape index (κ1) is 15.6. The summed E-state index contributed by atoms with van der Waals surface area (Å²) in [4.78, 5) is 9.48. The van der Waals surface area contributed by atoms with E-state index in [-0.39, 0.29) is 0 Å². The van der Waals surface area contributed by atoms with Gasteiger partial charge >= 0.3 is 0 Å². The maximum absolute atomic E-state index is 5.92. The summed E-state index contributed by atoms with van der Waals surface area (Å²) in [5.41, 5.74) is 2.12. The highest BCUT2D eigenvalue weighted by atomic mass is 32.1. The summed E-state index contributed by atoms with van der Waals surface area (Å²) in [6.45, 7) is 8.15. The van der Waals surface area contributed by atoms with Crippen molar-refractivity contribution in [2.75, 3.05) is 26.2 Å². The van der Waals surface area contributed by atoms with Crippen LogP contribution in [0, 0.1) is 6.92 Å². The zero-order chi connectivity index (χ0) is 16.4. The van der Waals surface area contributed by atoms with E-state index in [4.69, 9.17) is 4.42 Å². The third-order valence-corrected chi connectivity index (χ3v) is 5.15. The first-order valence-corrected chi connectivity index (χ1v) is 9.08. The average Bonchev–Trinajstić information content (AvgIpc) is 3.31. The molecule has 126 valence electrons. The number of rotatable bonds is 5. The summed E-state index contributed by atoms with van der Waals surface area (Å²) in [5.74, 6) is 1.85. The van der Waals surface area contributed by atoms with Crippen LogP contribution in [0.3, 0.4) is 0 Å². The molecule has 3 aromatic heterocycles. The third-order valence-electron chi connectivity index (χ3n) is 4.32. The third kappa shape index (κ3) is 3.58. The number of aryl methyl sites for hydroxylation is 1. The minimum absolute atomic E-state index is 0.847. The maximum Gasteiger partial charge on any atom is 0.152 e. The van der Waals surface area contributed by atoms with E-state index in [0.29, 0.717) is 0 Å². The van der Waals surface area contributed by atoms with Gasteiger partial charge in [0, 0.05) is 44.3 Å². The molecule has 1 N–H and O–H groups in total. The van der Waals surface area contributed by atoms with Crippen molar-refractivity contribution < 1.29 is 4.42 Å². The molecule has 1 saturated heterocycles. The number of aromatic nitrogens is 3. The van der Waals surface area contributed by atoms with Crippen LogP contribution in [-0.2, 0) is 13.1 Å². The summed E-state index contributed by atoms with van der Waals surface area (Å²) in [7, 11) is 0. The molecule has 0 saturated carbocycles. The monoisotopic (exact) mass is 343 g/mol. The fraction of sp³-hybridized carbons (Fsp3) is 0.412. The largest absolute Gasteiger partial charge is 0.458 e. The summed E-state index contributed by atoms with van der Waals surface area (Å²) in [6, 6.07) is 5.98. The second-order valence-electron chi connectivity index (χ2n) is 6.15. The van der Waals surface area contributed by atoms with Crippen molar-refractivity contribution >= 4 is 11.3 Å². The van der Waals surface area contributed by atoms with Crippen LogP contribution in [0.5, 0.6) is 0 Å². The van der Waals surface area contributed by atoms with E-state index in [1.54, 1.807) is 17.5 Å². The lowest BCUT2D eigenvalue weighted by atomic mass is 10.3. The van der Waals surface area contributed by atoms with Gasteiger partial charge in [0.2, 0.25) is 0 Å². The van der Waals surface area contributed by atoms with Crippen LogP contribution < -0.4 is 0 Å². The van der Waals surface area contributed by atoms with Gasteiger partial charge in [0.15, 0.2) is 5.76 Å². The quantitative estimate of drug-likeness (QED) is 0.772. The predicted octanol–water partition coefficient (Wildman–Crippen LogP) is 2.75. The molecule has 0 aliphatic carbocycles. The number of hydrogen-bond acceptors (Lipinski definition) is 6. The van der Waals surface area contributed by atoms with Crippen molar-refractivity contribution in [3.05, 3.63) is 46.2 Å². The van der Waals surface area contributed by atoms with Crippen LogP contribution >= 0.6 is 11.3 Å². The topological polar surface area (TPSA) is 61.2 Å². The van der Waals surface area contributed by atoms with Gasteiger partial charge in [-0.2, -0.15) is 5.10 Å². The molecule has 6 nitrogen and oxygen atoms in total. The fourth-order valence-electron chi connectivity index (χ4n) is 3.04. The van der Waals surface area contributed by atoms with Crippen LogP contribution in [-0.4, -0.2) is 51.2 Å². The molecular formula is C17H21N5OS. The zero-order valence-electron chi connectivity index (χ0n) is 13.7. The maximum atomic E-state index is 5.92. The van der Waals surface area contributed by atoms with Crippen LogP contribution in [0.4, 0.5) is 0 Å². The summed E-state index contributed by atoms with van der Waals surface area (Å²) in [5, 5.41) is 10.2. The zero-order valence-corrected chi connectivity index (χ0v) is 14.6. The van der Waals surface area contributed by atoms with Gasteiger partial charge in [-0.25, -0.2) is 4.98 Å². The number of piperazine rings is 1. The van der Waals surface area contributed by atoms with Gasteiger partial charge < -0.3 is 4.42 Å². The lowest BCUT2D eigenvalue weighted by molar-refractivity contribution is 0.115. The molecule has 7 heteroatoms. The van der Waals surface area contributed by atoms with Crippen LogP contribution in [0.2, 0.25) is 0 Å². The summed E-state index contributed by atoms with van der Waals surface area (Å²) in [6.07, 6.45) is 1.74. The van der Waals surface area contributed by atoms with Gasteiger partial charge in [-0.1, -0.05) is 0 Å². The second-order valence-corrected chi connectivity index (χ2v) is 7.21. The Morgan fingerprint density at radius 3 is 2.58 bits per heavy atom. The standard InChI is InChI=1S/C17H21N5OS/c1-13-19-14(12-24-13)10-21-6-8-22(9-7-21)11-15-2-3-17(23-15)16-4-5-18-20-16/h2-5,12H,6-11H2,1H3,(H,18,20). The van der Waals surface area contributed by atoms with Crippen LogP contribution in [0.1, 0.15) is 16.5 Å². The molecule has 0 unspecified atom stereocenters. The number of nitrogens with one attached hydrogen (secondary N) is 1. The van der Waals surface area contributed by atoms with Gasteiger partial charge in [-0.05, 0) is 25.1 Å². The van der Waals surface area contributed by atoms with Crippen molar-refractivity contribution in [2.24, 2.45) is 0 Å².